The molecule has 0 unspecified atom stereocenters. The summed E-state index contributed by atoms with van der Waals surface area (Å²) in [6, 6.07) is 13.6. The number of hydrogen-bond donors (Lipinski definition) is 2. The van der Waals surface area contributed by atoms with Crippen LogP contribution in [0.1, 0.15) is 8.35 Å². The van der Waals surface area contributed by atoms with Crippen LogP contribution in [0.4, 0.5) is 5.69 Å². The molecule has 4 rings (SSSR count). The molecule has 4 aromatic rings. The number of aromatic amines is 1. The second-order valence-electron chi connectivity index (χ2n) is 6.88. The minimum Gasteiger partial charge on any atom is -0.497 e. The Bertz CT molecular complexity index is 1200. The molecule has 152 valence electrons. The molecule has 2 aromatic carbocycles. The number of nitrogens with one attached hydrogen (secondary N) is 2. The molecule has 0 aliphatic rings. The molecule has 0 spiro atoms. The van der Waals surface area contributed by atoms with Crippen molar-refractivity contribution in [2.45, 2.75) is 6.92 Å². The van der Waals surface area contributed by atoms with Crippen LogP contribution >= 0.6 is 0 Å². The fraction of sp³-hybridized carbons (Fsp3) is 0.273. The van der Waals surface area contributed by atoms with Crippen LogP contribution < -0.4 is 20.5 Å². The lowest BCUT2D eigenvalue weighted by Gasteiger charge is -2.23. The number of ether oxygens (including phenoxy) is 1. The highest BCUT2D eigenvalue weighted by Gasteiger charge is 2.14. The molecule has 0 amide bonds. The van der Waals surface area contributed by atoms with E-state index in [4.69, 9.17) is 4.74 Å². The third-order valence-electron chi connectivity index (χ3n) is 5.22. The van der Waals surface area contributed by atoms with Crippen LogP contribution in [0, 0.1) is 0 Å². The van der Waals surface area contributed by atoms with E-state index in [1.807, 2.05) is 37.4 Å². The molecule has 29 heavy (non-hydrogen) atoms. The van der Waals surface area contributed by atoms with Crippen LogP contribution in [0.15, 0.2) is 53.5 Å². The zero-order chi connectivity index (χ0) is 20.4. The van der Waals surface area contributed by atoms with Crippen LogP contribution in [-0.2, 0) is 0 Å². The summed E-state index contributed by atoms with van der Waals surface area (Å²) >= 11 is 0. The molecule has 0 saturated heterocycles. The third kappa shape index (κ3) is 3.45. The quantitative estimate of drug-likeness (QED) is 0.504. The van der Waals surface area contributed by atoms with Crippen molar-refractivity contribution in [3.63, 3.8) is 0 Å². The van der Waals surface area contributed by atoms with E-state index >= 15 is 0 Å². The Balaban J connectivity index is 0.00000256. The molecule has 0 fully saturated rings. The number of nitrogens with zero attached hydrogens (tertiary/aromatic N) is 3. The molecule has 0 aliphatic carbocycles. The summed E-state index contributed by atoms with van der Waals surface area (Å²) < 4.78 is 6.76. The van der Waals surface area contributed by atoms with Gasteiger partial charge in [-0.15, -0.1) is 0 Å². The standard InChI is InChI=1S/C22H25N5O2.H2/c1-4-26(12-11-23-2)16-7-10-20-18(13-16)21-19(14-24-20)22(28)27(25-21)15-5-8-17(29-3)9-6-15;/h5-10,13-14,23,25H,4,11-12H2,1-3H3;1H. The summed E-state index contributed by atoms with van der Waals surface area (Å²) in [4.78, 5) is 19.8. The highest BCUT2D eigenvalue weighted by atomic mass is 16.5. The van der Waals surface area contributed by atoms with Gasteiger partial charge in [-0.1, -0.05) is 0 Å². The topological polar surface area (TPSA) is 75.2 Å². The summed E-state index contributed by atoms with van der Waals surface area (Å²) in [6.45, 7) is 4.85. The van der Waals surface area contributed by atoms with E-state index in [0.29, 0.717) is 5.39 Å². The molecule has 2 N–H and O–H groups in total. The van der Waals surface area contributed by atoms with Crippen molar-refractivity contribution in [3.8, 4) is 11.4 Å². The van der Waals surface area contributed by atoms with Crippen molar-refractivity contribution < 1.29 is 6.16 Å². The van der Waals surface area contributed by atoms with Gasteiger partial charge in [0, 0.05) is 38.3 Å². The predicted octanol–water partition coefficient (Wildman–Crippen LogP) is 3.17. The Hall–Kier alpha value is -3.32. The summed E-state index contributed by atoms with van der Waals surface area (Å²) in [5.74, 6) is 0.746. The maximum absolute atomic E-state index is 13.0. The number of likely N-dealkylation sites (N-methyl/N-ethyl adjacent to an activating group) is 2. The SMILES string of the molecule is CCN(CCNC)c1ccc2ncc3c(=O)n(-c4ccc(OC)cc4)[nH]c3c2c1.[HH]. The summed E-state index contributed by atoms with van der Waals surface area (Å²) in [6.07, 6.45) is 1.65. The monoisotopic (exact) mass is 393 g/mol. The molecule has 0 aliphatic heterocycles. The van der Waals surface area contributed by atoms with Gasteiger partial charge in [0.05, 0.1) is 29.2 Å². The zero-order valence-corrected chi connectivity index (χ0v) is 16.9. The first-order valence-corrected chi connectivity index (χ1v) is 9.73. The number of benzene rings is 2. The number of methoxy groups -OCH3 is 1. The Kier molecular flexibility index (Phi) is 5.22. The van der Waals surface area contributed by atoms with E-state index in [2.05, 4.69) is 39.4 Å². The molecule has 7 nitrogen and oxygen atoms in total. The van der Waals surface area contributed by atoms with E-state index in [-0.39, 0.29) is 6.99 Å². The first-order chi connectivity index (χ1) is 14.2. The second-order valence-corrected chi connectivity index (χ2v) is 6.88. The Morgan fingerprint density at radius 1 is 1.21 bits per heavy atom. The molecule has 2 heterocycles. The fourth-order valence-corrected chi connectivity index (χ4v) is 3.57. The largest absolute Gasteiger partial charge is 0.497 e. The summed E-state index contributed by atoms with van der Waals surface area (Å²) in [7, 11) is 3.57. The lowest BCUT2D eigenvalue weighted by atomic mass is 10.1. The molecule has 0 saturated carbocycles. The molecular formula is C22H27N5O2. The van der Waals surface area contributed by atoms with Crippen molar-refractivity contribution in [1.29, 1.82) is 0 Å². The Morgan fingerprint density at radius 2 is 2.00 bits per heavy atom. The number of rotatable bonds is 7. The van der Waals surface area contributed by atoms with Crippen LogP contribution in [0.3, 0.4) is 0 Å². The summed E-state index contributed by atoms with van der Waals surface area (Å²) in [5, 5.41) is 7.98. The van der Waals surface area contributed by atoms with Gasteiger partial charge in [0.1, 0.15) is 5.75 Å². The van der Waals surface area contributed by atoms with E-state index in [9.17, 15) is 4.79 Å². The first kappa shape index (κ1) is 19.0. The zero-order valence-electron chi connectivity index (χ0n) is 16.9. The normalized spacial score (nSPS) is 11.3. The van der Waals surface area contributed by atoms with Crippen molar-refractivity contribution in [1.82, 2.24) is 20.1 Å². The van der Waals surface area contributed by atoms with Gasteiger partial charge >= 0.3 is 0 Å². The van der Waals surface area contributed by atoms with E-state index in [1.165, 1.54) is 0 Å². The molecule has 0 radical (unpaired) electrons. The smallest absolute Gasteiger partial charge is 0.280 e. The molecule has 0 bridgehead atoms. The van der Waals surface area contributed by atoms with Gasteiger partial charge in [-0.25, -0.2) is 4.68 Å². The fourth-order valence-electron chi connectivity index (χ4n) is 3.57. The maximum atomic E-state index is 13.0. The molecule has 7 heteroatoms. The molecule has 0 atom stereocenters. The number of H-pyrrole nitrogens is 1. The van der Waals surface area contributed by atoms with E-state index in [0.717, 1.165) is 53.2 Å². The molecule has 2 aromatic heterocycles. The lowest BCUT2D eigenvalue weighted by molar-refractivity contribution is 0.414. The Morgan fingerprint density at radius 3 is 2.69 bits per heavy atom. The highest BCUT2D eigenvalue weighted by Crippen LogP contribution is 2.26. The first-order valence-electron chi connectivity index (χ1n) is 9.73. The highest BCUT2D eigenvalue weighted by molar-refractivity contribution is 6.04. The van der Waals surface area contributed by atoms with Crippen LogP contribution in [0.5, 0.6) is 5.75 Å². The average molecular weight is 393 g/mol. The average Bonchev–Trinajstić information content (AvgIpc) is 3.11. The lowest BCUT2D eigenvalue weighted by Crippen LogP contribution is -2.30. The van der Waals surface area contributed by atoms with Gasteiger partial charge in [0.2, 0.25) is 0 Å². The number of anilines is 1. The number of fused-ring (bicyclic) bond motifs is 3. The number of hydrogen-bond acceptors (Lipinski definition) is 5. The molecular weight excluding hydrogens is 366 g/mol. The maximum Gasteiger partial charge on any atom is 0.280 e. The van der Waals surface area contributed by atoms with Gasteiger partial charge in [0.15, 0.2) is 0 Å². The Labute approximate surface area is 170 Å². The van der Waals surface area contributed by atoms with Crippen LogP contribution in [0.2, 0.25) is 0 Å². The van der Waals surface area contributed by atoms with E-state index < -0.39 is 0 Å². The van der Waals surface area contributed by atoms with Gasteiger partial charge < -0.3 is 15.0 Å². The van der Waals surface area contributed by atoms with Crippen molar-refractivity contribution >= 4 is 27.5 Å². The minimum atomic E-state index is -0.118. The number of pyridine rings is 1. The van der Waals surface area contributed by atoms with Gasteiger partial charge in [0.25, 0.3) is 5.56 Å². The van der Waals surface area contributed by atoms with Crippen molar-refractivity contribution in [2.75, 3.05) is 38.7 Å². The number of aromatic nitrogens is 3. The second kappa shape index (κ2) is 7.97. The van der Waals surface area contributed by atoms with Crippen LogP contribution in [0.25, 0.3) is 27.5 Å². The van der Waals surface area contributed by atoms with Crippen LogP contribution in [-0.4, -0.2) is 48.6 Å². The minimum absolute atomic E-state index is 0. The van der Waals surface area contributed by atoms with Crippen molar-refractivity contribution in [3.05, 3.63) is 59.0 Å². The van der Waals surface area contributed by atoms with Gasteiger partial charge in [-0.2, -0.15) is 0 Å². The summed E-state index contributed by atoms with van der Waals surface area (Å²) in [5.41, 5.74) is 3.40. The van der Waals surface area contributed by atoms with Gasteiger partial charge in [-0.05, 0) is 56.4 Å². The van der Waals surface area contributed by atoms with Crippen molar-refractivity contribution in [2.24, 2.45) is 0 Å². The van der Waals surface area contributed by atoms with E-state index in [1.54, 1.807) is 18.0 Å². The predicted molar refractivity (Wildman–Crippen MR) is 120 cm³/mol. The van der Waals surface area contributed by atoms with Gasteiger partial charge in [-0.3, -0.25) is 14.9 Å². The third-order valence-corrected chi connectivity index (χ3v) is 5.22.